The van der Waals surface area contributed by atoms with Crippen LogP contribution in [0.25, 0.3) is 0 Å². The summed E-state index contributed by atoms with van der Waals surface area (Å²) in [5, 5.41) is 2.14. The molecule has 3 aliphatic heterocycles. The lowest BCUT2D eigenvalue weighted by Crippen LogP contribution is -2.66. The quantitative estimate of drug-likeness (QED) is 0.914. The van der Waals surface area contributed by atoms with Crippen LogP contribution >= 0.6 is 27.3 Å². The van der Waals surface area contributed by atoms with Crippen molar-refractivity contribution < 1.29 is 0 Å². The van der Waals surface area contributed by atoms with Gasteiger partial charge >= 0.3 is 0 Å². The molecule has 94 valence electrons. The first-order chi connectivity index (χ1) is 8.22. The van der Waals surface area contributed by atoms with E-state index in [4.69, 9.17) is 5.73 Å². The summed E-state index contributed by atoms with van der Waals surface area (Å²) in [5.74, 6) is 0. The van der Waals surface area contributed by atoms with Crippen LogP contribution in [0, 0.1) is 0 Å². The molecule has 2 bridgehead atoms. The van der Waals surface area contributed by atoms with Crippen LogP contribution in [-0.2, 0) is 6.42 Å². The van der Waals surface area contributed by atoms with Crippen LogP contribution in [0.2, 0.25) is 0 Å². The molecule has 0 spiro atoms. The maximum Gasteiger partial charge on any atom is 0.0379 e. The molecule has 4 heterocycles. The summed E-state index contributed by atoms with van der Waals surface area (Å²) >= 11 is 5.30. The third-order valence-electron chi connectivity index (χ3n) is 3.87. The first-order valence-electron chi connectivity index (χ1n) is 6.17. The average molecular weight is 316 g/mol. The van der Waals surface area contributed by atoms with Crippen LogP contribution in [0.5, 0.6) is 0 Å². The Morgan fingerprint density at radius 3 is 2.71 bits per heavy atom. The molecule has 0 saturated carbocycles. The number of hydrogen-bond acceptors (Lipinski definition) is 4. The first-order valence-corrected chi connectivity index (χ1v) is 7.84. The fourth-order valence-electron chi connectivity index (χ4n) is 2.89. The Bertz CT molecular complexity index is 387. The average Bonchev–Trinajstić information content (AvgIpc) is 2.76. The van der Waals surface area contributed by atoms with E-state index >= 15 is 0 Å². The van der Waals surface area contributed by atoms with Gasteiger partial charge in [0, 0.05) is 59.5 Å². The van der Waals surface area contributed by atoms with Gasteiger partial charge in [-0.05, 0) is 28.4 Å². The monoisotopic (exact) mass is 315 g/mol. The highest BCUT2D eigenvalue weighted by Gasteiger charge is 2.35. The standard InChI is InChI=1S/C12H18BrN3S/c13-9-5-10(17-8-9)6-11(14)12-7-15-1-3-16(12)4-2-15/h5,8,11-12H,1-4,6-7,14H2. The van der Waals surface area contributed by atoms with Crippen LogP contribution in [-0.4, -0.2) is 54.6 Å². The van der Waals surface area contributed by atoms with Gasteiger partial charge in [-0.1, -0.05) is 0 Å². The van der Waals surface area contributed by atoms with Gasteiger partial charge in [0.25, 0.3) is 0 Å². The van der Waals surface area contributed by atoms with E-state index in [-0.39, 0.29) is 6.04 Å². The van der Waals surface area contributed by atoms with E-state index in [0.29, 0.717) is 6.04 Å². The second-order valence-electron chi connectivity index (χ2n) is 5.00. The van der Waals surface area contributed by atoms with Crippen molar-refractivity contribution in [2.45, 2.75) is 18.5 Å². The molecular formula is C12H18BrN3S. The maximum atomic E-state index is 6.40. The Kier molecular flexibility index (Phi) is 3.54. The molecule has 3 saturated heterocycles. The van der Waals surface area contributed by atoms with E-state index in [0.717, 1.165) is 13.0 Å². The number of rotatable bonds is 3. The topological polar surface area (TPSA) is 32.5 Å². The minimum absolute atomic E-state index is 0.267. The van der Waals surface area contributed by atoms with Gasteiger partial charge in [-0.15, -0.1) is 11.3 Å². The van der Waals surface area contributed by atoms with Crippen LogP contribution in [0.4, 0.5) is 0 Å². The highest BCUT2D eigenvalue weighted by atomic mass is 79.9. The van der Waals surface area contributed by atoms with Gasteiger partial charge < -0.3 is 5.73 Å². The van der Waals surface area contributed by atoms with Crippen LogP contribution in [0.15, 0.2) is 15.9 Å². The number of hydrogen-bond donors (Lipinski definition) is 1. The minimum atomic E-state index is 0.267. The zero-order valence-corrected chi connectivity index (χ0v) is 12.2. The second kappa shape index (κ2) is 4.97. The summed E-state index contributed by atoms with van der Waals surface area (Å²) in [7, 11) is 0. The summed E-state index contributed by atoms with van der Waals surface area (Å²) in [6.45, 7) is 6.02. The molecule has 3 fully saturated rings. The molecule has 4 rings (SSSR count). The fraction of sp³-hybridized carbons (Fsp3) is 0.667. The normalized spacial score (nSPS) is 33.9. The van der Waals surface area contributed by atoms with Gasteiger partial charge in [-0.2, -0.15) is 0 Å². The number of nitrogens with zero attached hydrogens (tertiary/aromatic N) is 2. The van der Waals surface area contributed by atoms with Crippen LogP contribution < -0.4 is 5.73 Å². The second-order valence-corrected chi connectivity index (χ2v) is 6.91. The van der Waals surface area contributed by atoms with Gasteiger partial charge in [0.15, 0.2) is 0 Å². The Labute approximate surface area is 115 Å². The predicted molar refractivity (Wildman–Crippen MR) is 75.5 cm³/mol. The first kappa shape index (κ1) is 12.1. The Morgan fingerprint density at radius 2 is 2.18 bits per heavy atom. The third-order valence-corrected chi connectivity index (χ3v) is 5.59. The van der Waals surface area contributed by atoms with Crippen molar-refractivity contribution in [2.75, 3.05) is 32.7 Å². The van der Waals surface area contributed by atoms with Gasteiger partial charge in [0.1, 0.15) is 0 Å². The summed E-state index contributed by atoms with van der Waals surface area (Å²) in [6, 6.07) is 3.02. The van der Waals surface area contributed by atoms with Crippen LogP contribution in [0.3, 0.4) is 0 Å². The number of halogens is 1. The van der Waals surface area contributed by atoms with Gasteiger partial charge in [-0.3, -0.25) is 9.80 Å². The molecular weight excluding hydrogens is 298 g/mol. The Balaban J connectivity index is 1.64. The number of fused-ring (bicyclic) bond motifs is 3. The van der Waals surface area contributed by atoms with Crippen molar-refractivity contribution in [3.8, 4) is 0 Å². The molecule has 17 heavy (non-hydrogen) atoms. The Hall–Kier alpha value is 0.0600. The van der Waals surface area contributed by atoms with E-state index in [1.165, 1.54) is 35.5 Å². The predicted octanol–water partition coefficient (Wildman–Crippen LogP) is 1.38. The molecule has 3 nitrogen and oxygen atoms in total. The van der Waals surface area contributed by atoms with Crippen molar-refractivity contribution >= 4 is 27.3 Å². The van der Waals surface area contributed by atoms with E-state index in [2.05, 4.69) is 37.2 Å². The van der Waals surface area contributed by atoms with Crippen molar-refractivity contribution in [3.63, 3.8) is 0 Å². The zero-order valence-electron chi connectivity index (χ0n) is 9.81. The molecule has 1 aromatic rings. The summed E-state index contributed by atoms with van der Waals surface area (Å²) in [4.78, 5) is 6.52. The molecule has 2 unspecified atom stereocenters. The lowest BCUT2D eigenvalue weighted by Gasteiger charge is -2.49. The fourth-order valence-corrected chi connectivity index (χ4v) is 4.42. The smallest absolute Gasteiger partial charge is 0.0379 e. The lowest BCUT2D eigenvalue weighted by molar-refractivity contribution is 0.00268. The minimum Gasteiger partial charge on any atom is -0.326 e. The molecule has 5 heteroatoms. The SMILES string of the molecule is NC(Cc1cc(Br)cs1)C1CN2CCN1CC2. The molecule has 3 aliphatic rings. The molecule has 0 amide bonds. The molecule has 0 aliphatic carbocycles. The summed E-state index contributed by atoms with van der Waals surface area (Å²) < 4.78 is 1.18. The zero-order chi connectivity index (χ0) is 11.8. The third kappa shape index (κ3) is 2.58. The highest BCUT2D eigenvalue weighted by molar-refractivity contribution is 9.10. The van der Waals surface area contributed by atoms with E-state index in [9.17, 15) is 0 Å². The van der Waals surface area contributed by atoms with Gasteiger partial charge in [0.05, 0.1) is 0 Å². The van der Waals surface area contributed by atoms with Gasteiger partial charge in [-0.25, -0.2) is 0 Å². The largest absolute Gasteiger partial charge is 0.326 e. The lowest BCUT2D eigenvalue weighted by atomic mass is 9.98. The number of thiophene rings is 1. The summed E-state index contributed by atoms with van der Waals surface area (Å²) in [5.41, 5.74) is 6.40. The molecule has 2 N–H and O–H groups in total. The Morgan fingerprint density at radius 1 is 1.41 bits per heavy atom. The molecule has 2 atom stereocenters. The van der Waals surface area contributed by atoms with Gasteiger partial charge in [0.2, 0.25) is 0 Å². The number of nitrogens with two attached hydrogens (primary N) is 1. The molecule has 0 radical (unpaired) electrons. The van der Waals surface area contributed by atoms with E-state index < -0.39 is 0 Å². The van der Waals surface area contributed by atoms with Crippen LogP contribution in [0.1, 0.15) is 4.88 Å². The number of piperazine rings is 3. The summed E-state index contributed by atoms with van der Waals surface area (Å²) in [6.07, 6.45) is 1.01. The van der Waals surface area contributed by atoms with E-state index in [1.807, 2.05) is 0 Å². The van der Waals surface area contributed by atoms with Crippen molar-refractivity contribution in [2.24, 2.45) is 5.73 Å². The van der Waals surface area contributed by atoms with Crippen molar-refractivity contribution in [1.29, 1.82) is 0 Å². The van der Waals surface area contributed by atoms with Crippen molar-refractivity contribution in [3.05, 3.63) is 20.8 Å². The maximum absolute atomic E-state index is 6.40. The van der Waals surface area contributed by atoms with E-state index in [1.54, 1.807) is 11.3 Å². The molecule has 0 aromatic carbocycles. The molecule has 1 aromatic heterocycles. The van der Waals surface area contributed by atoms with Crippen molar-refractivity contribution in [1.82, 2.24) is 9.80 Å². The highest BCUT2D eigenvalue weighted by Crippen LogP contribution is 2.24.